The Hall–Kier alpha value is -1.46. The van der Waals surface area contributed by atoms with E-state index < -0.39 is 5.97 Å². The fourth-order valence-corrected chi connectivity index (χ4v) is 2.35. The predicted octanol–water partition coefficient (Wildman–Crippen LogP) is 2.13. The van der Waals surface area contributed by atoms with Crippen LogP contribution in [0.15, 0.2) is 18.2 Å². The number of halogens is 1. The molecule has 4 nitrogen and oxygen atoms in total. The van der Waals surface area contributed by atoms with Crippen molar-refractivity contribution in [3.63, 3.8) is 0 Å². The molecule has 0 spiro atoms. The van der Waals surface area contributed by atoms with Gasteiger partial charge in [0, 0.05) is 31.4 Å². The standard InChI is InChI=1S/C14H18FNO3/c1-16(12-4-6-19-7-5-12)9-11-8-10(14(17)18)2-3-13(11)15/h2-3,8,12H,4-7,9H2,1H3,(H,17,18). The Morgan fingerprint density at radius 1 is 1.47 bits per heavy atom. The molecule has 0 aliphatic carbocycles. The van der Waals surface area contributed by atoms with Gasteiger partial charge in [0.2, 0.25) is 0 Å². The number of hydrogen-bond donors (Lipinski definition) is 1. The maximum atomic E-state index is 13.7. The topological polar surface area (TPSA) is 49.8 Å². The SMILES string of the molecule is CN(Cc1cc(C(=O)O)ccc1F)C1CCOCC1. The molecule has 0 radical (unpaired) electrons. The second-order valence-corrected chi connectivity index (χ2v) is 4.87. The normalized spacial score (nSPS) is 16.8. The van der Waals surface area contributed by atoms with Crippen molar-refractivity contribution in [2.75, 3.05) is 20.3 Å². The Labute approximate surface area is 111 Å². The molecule has 1 N–H and O–H groups in total. The highest BCUT2D eigenvalue weighted by molar-refractivity contribution is 5.87. The van der Waals surface area contributed by atoms with Gasteiger partial charge in [0.15, 0.2) is 0 Å². The van der Waals surface area contributed by atoms with Gasteiger partial charge in [0.25, 0.3) is 0 Å². The van der Waals surface area contributed by atoms with Gasteiger partial charge in [-0.05, 0) is 38.1 Å². The molecule has 1 fully saturated rings. The molecule has 1 heterocycles. The lowest BCUT2D eigenvalue weighted by Crippen LogP contribution is -2.36. The van der Waals surface area contributed by atoms with Gasteiger partial charge in [-0.25, -0.2) is 9.18 Å². The minimum Gasteiger partial charge on any atom is -0.478 e. The number of carboxylic acids is 1. The molecule has 0 bridgehead atoms. The number of benzene rings is 1. The summed E-state index contributed by atoms with van der Waals surface area (Å²) in [7, 11) is 1.93. The van der Waals surface area contributed by atoms with Crippen LogP contribution in [0.2, 0.25) is 0 Å². The van der Waals surface area contributed by atoms with Crippen LogP contribution in [-0.4, -0.2) is 42.3 Å². The van der Waals surface area contributed by atoms with Crippen molar-refractivity contribution in [1.29, 1.82) is 0 Å². The lowest BCUT2D eigenvalue weighted by Gasteiger charge is -2.31. The summed E-state index contributed by atoms with van der Waals surface area (Å²) >= 11 is 0. The first-order chi connectivity index (χ1) is 9.08. The molecule has 0 atom stereocenters. The van der Waals surface area contributed by atoms with Crippen LogP contribution in [0, 0.1) is 5.82 Å². The van der Waals surface area contributed by atoms with Gasteiger partial charge in [-0.3, -0.25) is 4.90 Å². The van der Waals surface area contributed by atoms with Crippen molar-refractivity contribution in [2.24, 2.45) is 0 Å². The number of carboxylic acid groups (broad SMARTS) is 1. The zero-order chi connectivity index (χ0) is 13.8. The van der Waals surface area contributed by atoms with Gasteiger partial charge in [0.05, 0.1) is 5.56 Å². The van der Waals surface area contributed by atoms with Crippen molar-refractivity contribution in [3.05, 3.63) is 35.1 Å². The summed E-state index contributed by atoms with van der Waals surface area (Å²) in [5.41, 5.74) is 0.547. The highest BCUT2D eigenvalue weighted by Crippen LogP contribution is 2.18. The van der Waals surface area contributed by atoms with Crippen molar-refractivity contribution in [3.8, 4) is 0 Å². The highest BCUT2D eigenvalue weighted by atomic mass is 19.1. The van der Waals surface area contributed by atoms with Crippen molar-refractivity contribution < 1.29 is 19.0 Å². The minimum atomic E-state index is -1.03. The molecule has 0 aromatic heterocycles. The summed E-state index contributed by atoms with van der Waals surface area (Å²) in [6, 6.07) is 4.28. The van der Waals surface area contributed by atoms with E-state index in [-0.39, 0.29) is 11.4 Å². The van der Waals surface area contributed by atoms with E-state index >= 15 is 0 Å². The molecule has 0 unspecified atom stereocenters. The maximum Gasteiger partial charge on any atom is 0.335 e. The van der Waals surface area contributed by atoms with E-state index in [0.717, 1.165) is 26.1 Å². The maximum absolute atomic E-state index is 13.7. The van der Waals surface area contributed by atoms with Crippen molar-refractivity contribution >= 4 is 5.97 Å². The molecule has 1 aromatic carbocycles. The largest absolute Gasteiger partial charge is 0.478 e. The summed E-state index contributed by atoms with van der Waals surface area (Å²) in [6.45, 7) is 1.87. The number of aromatic carboxylic acids is 1. The van der Waals surface area contributed by atoms with Crippen LogP contribution in [0.1, 0.15) is 28.8 Å². The number of nitrogens with zero attached hydrogens (tertiary/aromatic N) is 1. The van der Waals surface area contributed by atoms with Crippen LogP contribution in [0.3, 0.4) is 0 Å². The quantitative estimate of drug-likeness (QED) is 0.908. The minimum absolute atomic E-state index is 0.122. The van der Waals surface area contributed by atoms with E-state index in [4.69, 9.17) is 9.84 Å². The number of carbonyl (C=O) groups is 1. The zero-order valence-electron chi connectivity index (χ0n) is 10.9. The first-order valence-electron chi connectivity index (χ1n) is 6.37. The number of rotatable bonds is 4. The first-order valence-corrected chi connectivity index (χ1v) is 6.37. The molecule has 19 heavy (non-hydrogen) atoms. The van der Waals surface area contributed by atoms with E-state index in [1.54, 1.807) is 0 Å². The van der Waals surface area contributed by atoms with Gasteiger partial charge >= 0.3 is 5.97 Å². The number of hydrogen-bond acceptors (Lipinski definition) is 3. The molecule has 0 saturated carbocycles. The monoisotopic (exact) mass is 267 g/mol. The summed E-state index contributed by atoms with van der Waals surface area (Å²) in [4.78, 5) is 13.0. The van der Waals surface area contributed by atoms with Crippen LogP contribution in [0.5, 0.6) is 0 Å². The molecule has 1 saturated heterocycles. The third-order valence-corrected chi connectivity index (χ3v) is 3.53. The molecule has 1 aliphatic heterocycles. The third kappa shape index (κ3) is 3.52. The summed E-state index contributed by atoms with van der Waals surface area (Å²) < 4.78 is 19.0. The predicted molar refractivity (Wildman–Crippen MR) is 68.7 cm³/mol. The second kappa shape index (κ2) is 6.12. The van der Waals surface area contributed by atoms with Crippen LogP contribution in [0.25, 0.3) is 0 Å². The van der Waals surface area contributed by atoms with Crippen LogP contribution in [-0.2, 0) is 11.3 Å². The lowest BCUT2D eigenvalue weighted by molar-refractivity contribution is 0.0404. The van der Waals surface area contributed by atoms with E-state index in [1.807, 2.05) is 7.05 Å². The first kappa shape index (κ1) is 14.0. The lowest BCUT2D eigenvalue weighted by atomic mass is 10.1. The average molecular weight is 267 g/mol. The van der Waals surface area contributed by atoms with Crippen LogP contribution >= 0.6 is 0 Å². The van der Waals surface area contributed by atoms with Crippen LogP contribution < -0.4 is 0 Å². The molecule has 1 aromatic rings. The highest BCUT2D eigenvalue weighted by Gasteiger charge is 2.19. The third-order valence-electron chi connectivity index (χ3n) is 3.53. The molecule has 104 valence electrons. The van der Waals surface area contributed by atoms with Crippen LogP contribution in [0.4, 0.5) is 4.39 Å². The Bertz CT molecular complexity index is 458. The molecular formula is C14H18FNO3. The van der Waals surface area contributed by atoms with E-state index in [9.17, 15) is 9.18 Å². The van der Waals surface area contributed by atoms with E-state index in [0.29, 0.717) is 18.2 Å². The molecule has 5 heteroatoms. The smallest absolute Gasteiger partial charge is 0.335 e. The van der Waals surface area contributed by atoms with Crippen molar-refractivity contribution in [1.82, 2.24) is 4.90 Å². The second-order valence-electron chi connectivity index (χ2n) is 4.87. The van der Waals surface area contributed by atoms with Gasteiger partial charge < -0.3 is 9.84 Å². The Morgan fingerprint density at radius 3 is 2.79 bits per heavy atom. The Kier molecular flexibility index (Phi) is 4.50. The van der Waals surface area contributed by atoms with Gasteiger partial charge in [-0.2, -0.15) is 0 Å². The number of ether oxygens (including phenoxy) is 1. The fourth-order valence-electron chi connectivity index (χ4n) is 2.35. The Balaban J connectivity index is 2.08. The summed E-state index contributed by atoms with van der Waals surface area (Å²) in [5.74, 6) is -1.39. The molecule has 1 aliphatic rings. The Morgan fingerprint density at radius 2 is 2.16 bits per heavy atom. The van der Waals surface area contributed by atoms with Gasteiger partial charge in [0.1, 0.15) is 5.82 Å². The van der Waals surface area contributed by atoms with E-state index in [2.05, 4.69) is 4.90 Å². The van der Waals surface area contributed by atoms with Gasteiger partial charge in [-0.1, -0.05) is 0 Å². The average Bonchev–Trinajstić information content (AvgIpc) is 2.42. The van der Waals surface area contributed by atoms with Crippen molar-refractivity contribution in [2.45, 2.75) is 25.4 Å². The van der Waals surface area contributed by atoms with Gasteiger partial charge in [-0.15, -0.1) is 0 Å². The summed E-state index contributed by atoms with van der Waals surface area (Å²) in [6.07, 6.45) is 1.85. The fraction of sp³-hybridized carbons (Fsp3) is 0.500. The molecular weight excluding hydrogens is 249 g/mol. The molecule has 0 amide bonds. The summed E-state index contributed by atoms with van der Waals surface area (Å²) in [5, 5.41) is 8.93. The molecule has 2 rings (SSSR count). The zero-order valence-corrected chi connectivity index (χ0v) is 10.9. The van der Waals surface area contributed by atoms with E-state index in [1.165, 1.54) is 18.2 Å².